The Kier molecular flexibility index (Phi) is 7.08. The van der Waals surface area contributed by atoms with Crippen molar-refractivity contribution in [2.24, 2.45) is 0 Å². The molecule has 246 valence electrons. The zero-order valence-corrected chi connectivity index (χ0v) is 27.5. The van der Waals surface area contributed by atoms with Crippen molar-refractivity contribution in [2.75, 3.05) is 6.54 Å². The van der Waals surface area contributed by atoms with Crippen LogP contribution in [0, 0.1) is 0 Å². The summed E-state index contributed by atoms with van der Waals surface area (Å²) in [4.78, 5) is 42.6. The van der Waals surface area contributed by atoms with Crippen LogP contribution in [0.5, 0.6) is 0 Å². The van der Waals surface area contributed by atoms with Gasteiger partial charge in [0.2, 0.25) is 0 Å². The van der Waals surface area contributed by atoms with Gasteiger partial charge in [-0.3, -0.25) is 4.90 Å². The van der Waals surface area contributed by atoms with Gasteiger partial charge in [0.25, 0.3) is 0 Å². The molecule has 3 aliphatic rings. The lowest BCUT2D eigenvalue weighted by atomic mass is 9.76. The molecule has 2 fully saturated rings. The third kappa shape index (κ3) is 5.38. The van der Waals surface area contributed by atoms with Gasteiger partial charge in [0.05, 0.1) is 22.8 Å². The van der Waals surface area contributed by atoms with Crippen LogP contribution in [0.15, 0.2) is 60.7 Å². The molecule has 3 heterocycles. The van der Waals surface area contributed by atoms with Crippen molar-refractivity contribution < 1.29 is 19.4 Å². The highest BCUT2D eigenvalue weighted by molar-refractivity contribution is 5.83. The molecule has 2 aromatic heterocycles. The second-order valence-corrected chi connectivity index (χ2v) is 14.4. The average molecular weight is 645 g/mol. The fraction of sp³-hybridized carbons (Fsp3) is 0.368. The molecule has 2 amide bonds. The lowest BCUT2D eigenvalue weighted by molar-refractivity contribution is 0.0366. The molecule has 0 spiro atoms. The number of amides is 2. The van der Waals surface area contributed by atoms with E-state index in [0.29, 0.717) is 6.54 Å². The molecule has 4 N–H and O–H groups in total. The van der Waals surface area contributed by atoms with E-state index in [1.807, 2.05) is 20.8 Å². The summed E-state index contributed by atoms with van der Waals surface area (Å²) in [6.45, 7) is 6.15. The van der Waals surface area contributed by atoms with Crippen LogP contribution in [0.4, 0.5) is 9.59 Å². The summed E-state index contributed by atoms with van der Waals surface area (Å²) in [5, 5.41) is 12.7. The van der Waals surface area contributed by atoms with Crippen LogP contribution < -0.4 is 5.32 Å². The minimum absolute atomic E-state index is 0.203. The number of fused-ring (bicyclic) bond motifs is 4. The SMILES string of the molecule is CC(C)(C)OC(=O)NC1(c2nc3cc(-c4ccc(-c5ccc6c(c5)CCc5[nH]c(C7CCCN7C(=O)O)nc5-6)cc4)ccc3[nH]2)CCC1. The Morgan fingerprint density at radius 3 is 2.31 bits per heavy atom. The fourth-order valence-electron chi connectivity index (χ4n) is 7.46. The molecule has 10 nitrogen and oxygen atoms in total. The Bertz CT molecular complexity index is 2050. The van der Waals surface area contributed by atoms with Gasteiger partial charge in [-0.15, -0.1) is 0 Å². The number of H-pyrrole nitrogens is 2. The van der Waals surface area contributed by atoms with Gasteiger partial charge in [-0.1, -0.05) is 48.5 Å². The Hall–Kier alpha value is -5.12. The van der Waals surface area contributed by atoms with Crippen LogP contribution in [-0.2, 0) is 23.1 Å². The standard InChI is InChI=1S/C38H40N6O4/c1-37(2,3)48-35(45)43-38(17-5-18-38)34-40-28-15-12-25(21-30(28)41-34)23-9-7-22(8-10-23)24-11-14-27-26(20-24)13-16-29-32(27)42-33(39-29)31-6-4-19-44(31)36(46)47/h7-12,14-15,20-21,31H,4-6,13,16-19H2,1-3H3,(H,39,42)(H,40,41)(H,43,45)(H,46,47). The van der Waals surface area contributed by atoms with E-state index < -0.39 is 23.3 Å². The number of hydrogen-bond donors (Lipinski definition) is 4. The first kappa shape index (κ1) is 30.2. The summed E-state index contributed by atoms with van der Waals surface area (Å²) in [5.74, 6) is 1.53. The Labute approximate surface area is 279 Å². The first-order chi connectivity index (χ1) is 23.0. The Balaban J connectivity index is 1.01. The number of aryl methyl sites for hydroxylation is 2. The van der Waals surface area contributed by atoms with E-state index in [-0.39, 0.29) is 6.04 Å². The lowest BCUT2D eigenvalue weighted by Crippen LogP contribution is -2.52. The molecule has 1 unspecified atom stereocenters. The lowest BCUT2D eigenvalue weighted by Gasteiger charge is -2.40. The summed E-state index contributed by atoms with van der Waals surface area (Å²) in [5.41, 5.74) is 9.60. The molecule has 8 rings (SSSR count). The third-order valence-corrected chi connectivity index (χ3v) is 10.1. The first-order valence-corrected chi connectivity index (χ1v) is 16.9. The first-order valence-electron chi connectivity index (χ1n) is 16.9. The summed E-state index contributed by atoms with van der Waals surface area (Å²) < 4.78 is 5.54. The van der Waals surface area contributed by atoms with Gasteiger partial charge in [0.15, 0.2) is 0 Å². The van der Waals surface area contributed by atoms with Crippen molar-refractivity contribution in [1.29, 1.82) is 0 Å². The van der Waals surface area contributed by atoms with Crippen LogP contribution in [0.3, 0.4) is 0 Å². The molecule has 1 saturated carbocycles. The predicted molar refractivity (Wildman–Crippen MR) is 184 cm³/mol. The van der Waals surface area contributed by atoms with Gasteiger partial charge < -0.3 is 25.1 Å². The van der Waals surface area contributed by atoms with E-state index in [2.05, 4.69) is 75.9 Å². The number of hydrogen-bond acceptors (Lipinski definition) is 5. The van der Waals surface area contributed by atoms with E-state index in [9.17, 15) is 14.7 Å². The van der Waals surface area contributed by atoms with E-state index in [4.69, 9.17) is 14.7 Å². The number of rotatable bonds is 5. The van der Waals surface area contributed by atoms with Crippen molar-refractivity contribution in [2.45, 2.75) is 82.9 Å². The number of imidazole rings is 2. The molecule has 48 heavy (non-hydrogen) atoms. The van der Waals surface area contributed by atoms with Crippen LogP contribution in [-0.4, -0.2) is 54.3 Å². The van der Waals surface area contributed by atoms with E-state index in [1.165, 1.54) is 10.5 Å². The van der Waals surface area contributed by atoms with Gasteiger partial charge in [-0.25, -0.2) is 19.6 Å². The molecule has 0 bridgehead atoms. The van der Waals surface area contributed by atoms with Crippen molar-refractivity contribution >= 4 is 23.2 Å². The second-order valence-electron chi connectivity index (χ2n) is 14.4. The molecule has 3 aromatic carbocycles. The van der Waals surface area contributed by atoms with Crippen LogP contribution >= 0.6 is 0 Å². The van der Waals surface area contributed by atoms with Crippen LogP contribution in [0.25, 0.3) is 44.5 Å². The van der Waals surface area contributed by atoms with Crippen molar-refractivity contribution in [1.82, 2.24) is 30.2 Å². The number of alkyl carbamates (subject to hydrolysis) is 1. The normalized spacial score (nSPS) is 18.2. The van der Waals surface area contributed by atoms with Gasteiger partial charge in [-0.2, -0.15) is 0 Å². The van der Waals surface area contributed by atoms with Gasteiger partial charge >= 0.3 is 12.2 Å². The Morgan fingerprint density at radius 1 is 0.917 bits per heavy atom. The summed E-state index contributed by atoms with van der Waals surface area (Å²) in [6, 6.07) is 21.2. The number of carboxylic acid groups (broad SMARTS) is 1. The zero-order valence-electron chi connectivity index (χ0n) is 27.5. The second kappa shape index (κ2) is 11.2. The molecule has 10 heteroatoms. The predicted octanol–water partition coefficient (Wildman–Crippen LogP) is 8.10. The highest BCUT2D eigenvalue weighted by atomic mass is 16.6. The molecule has 1 aliphatic heterocycles. The summed E-state index contributed by atoms with van der Waals surface area (Å²) in [6.07, 6.45) is 4.77. The maximum atomic E-state index is 12.6. The quantitative estimate of drug-likeness (QED) is 0.153. The number of nitrogens with one attached hydrogen (secondary N) is 3. The molecule has 5 aromatic rings. The van der Waals surface area contributed by atoms with E-state index in [0.717, 1.165) is 107 Å². The maximum absolute atomic E-state index is 12.6. The molecular formula is C38H40N6O4. The zero-order chi connectivity index (χ0) is 33.2. The van der Waals surface area contributed by atoms with E-state index in [1.54, 1.807) is 0 Å². The average Bonchev–Trinajstić information content (AvgIpc) is 3.79. The number of aromatic nitrogens is 4. The highest BCUT2D eigenvalue weighted by Gasteiger charge is 2.44. The number of ether oxygens (including phenoxy) is 1. The molecule has 1 saturated heterocycles. The summed E-state index contributed by atoms with van der Waals surface area (Å²) >= 11 is 0. The number of benzene rings is 3. The number of nitrogens with zero attached hydrogens (tertiary/aromatic N) is 3. The number of carbonyl (C=O) groups is 2. The number of likely N-dealkylation sites (tertiary alicyclic amines) is 1. The molecular weight excluding hydrogens is 604 g/mol. The summed E-state index contributed by atoms with van der Waals surface area (Å²) in [7, 11) is 0. The van der Waals surface area contributed by atoms with Crippen LogP contribution in [0.1, 0.15) is 81.8 Å². The van der Waals surface area contributed by atoms with Crippen LogP contribution in [0.2, 0.25) is 0 Å². The van der Waals surface area contributed by atoms with Gasteiger partial charge in [-0.05, 0) is 106 Å². The molecule has 2 aliphatic carbocycles. The molecule has 1 atom stereocenters. The monoisotopic (exact) mass is 644 g/mol. The smallest absolute Gasteiger partial charge is 0.408 e. The minimum atomic E-state index is -0.884. The van der Waals surface area contributed by atoms with Crippen molar-refractivity contribution in [3.8, 4) is 33.5 Å². The number of aromatic amines is 2. The fourth-order valence-corrected chi connectivity index (χ4v) is 7.46. The minimum Gasteiger partial charge on any atom is -0.465 e. The Morgan fingerprint density at radius 2 is 1.62 bits per heavy atom. The van der Waals surface area contributed by atoms with Crippen molar-refractivity contribution in [3.05, 3.63) is 83.6 Å². The highest BCUT2D eigenvalue weighted by Crippen LogP contribution is 2.42. The third-order valence-electron chi connectivity index (χ3n) is 10.1. The van der Waals surface area contributed by atoms with Crippen molar-refractivity contribution in [3.63, 3.8) is 0 Å². The maximum Gasteiger partial charge on any atom is 0.408 e. The van der Waals surface area contributed by atoms with E-state index >= 15 is 0 Å². The van der Waals surface area contributed by atoms with Gasteiger partial charge in [0.1, 0.15) is 22.8 Å². The molecule has 0 radical (unpaired) electrons. The largest absolute Gasteiger partial charge is 0.465 e. The number of carbonyl (C=O) groups excluding carboxylic acids is 1. The van der Waals surface area contributed by atoms with Gasteiger partial charge in [0, 0.05) is 17.8 Å². The topological polar surface area (TPSA) is 136 Å².